The number of esters is 2. The molecule has 122 valence electrons. The van der Waals surface area contributed by atoms with Crippen LogP contribution in [0.15, 0.2) is 44.1 Å². The summed E-state index contributed by atoms with van der Waals surface area (Å²) in [5.74, 6) is -0.171. The quantitative estimate of drug-likeness (QED) is 0.541. The molecule has 0 N–H and O–H groups in total. The fraction of sp³-hybridized carbons (Fsp3) is 0.250. The van der Waals surface area contributed by atoms with Gasteiger partial charge in [0.2, 0.25) is 5.76 Å². The lowest BCUT2D eigenvalue weighted by molar-refractivity contribution is -0.142. The van der Waals surface area contributed by atoms with Crippen molar-refractivity contribution in [2.24, 2.45) is 0 Å². The van der Waals surface area contributed by atoms with Gasteiger partial charge in [-0.05, 0) is 37.3 Å². The minimum Gasteiger partial charge on any atom is -0.463 e. The molecule has 5 nitrogen and oxygen atoms in total. The van der Waals surface area contributed by atoms with Crippen LogP contribution in [-0.2, 0) is 20.9 Å². The molecule has 1 aromatic carbocycles. The lowest BCUT2D eigenvalue weighted by Crippen LogP contribution is -2.06. The van der Waals surface area contributed by atoms with E-state index in [1.807, 2.05) is 24.3 Å². The number of ether oxygens (including phenoxy) is 2. The number of thioether (sulfide) groups is 1. The van der Waals surface area contributed by atoms with E-state index in [2.05, 4.69) is 20.7 Å². The molecule has 1 aromatic heterocycles. The van der Waals surface area contributed by atoms with Crippen LogP contribution in [0.1, 0.15) is 21.9 Å². The molecule has 0 atom stereocenters. The first-order valence-corrected chi connectivity index (χ1v) is 8.49. The zero-order chi connectivity index (χ0) is 16.8. The van der Waals surface area contributed by atoms with Gasteiger partial charge in [-0.25, -0.2) is 4.79 Å². The Bertz CT molecular complexity index is 693. The Hall–Kier alpha value is -1.73. The smallest absolute Gasteiger partial charge is 0.374 e. The maximum atomic E-state index is 11.8. The number of methoxy groups -OCH3 is 1. The molecule has 0 radical (unpaired) electrons. The van der Waals surface area contributed by atoms with Gasteiger partial charge in [-0.1, -0.05) is 15.9 Å². The van der Waals surface area contributed by atoms with Gasteiger partial charge in [0.05, 0.1) is 12.9 Å². The standard InChI is InChI=1S/C16H15BrO5S/c1-10-7-12(22-15(10)16(19)20-2)8-21-14(18)9-23-13-5-3-11(17)4-6-13/h3-7H,8-9H2,1-2H3. The SMILES string of the molecule is COC(=O)c1oc(COC(=O)CSc2ccc(Br)cc2)cc1C. The van der Waals surface area contributed by atoms with Gasteiger partial charge in [-0.3, -0.25) is 4.79 Å². The van der Waals surface area contributed by atoms with Crippen molar-refractivity contribution in [2.75, 3.05) is 12.9 Å². The Morgan fingerprint density at radius 2 is 1.96 bits per heavy atom. The van der Waals surface area contributed by atoms with Crippen LogP contribution in [0.5, 0.6) is 0 Å². The molecule has 0 unspecified atom stereocenters. The van der Waals surface area contributed by atoms with Crippen molar-refractivity contribution < 1.29 is 23.5 Å². The summed E-state index contributed by atoms with van der Waals surface area (Å²) in [5.41, 5.74) is 0.645. The van der Waals surface area contributed by atoms with Crippen molar-refractivity contribution in [3.63, 3.8) is 0 Å². The van der Waals surface area contributed by atoms with Gasteiger partial charge >= 0.3 is 11.9 Å². The normalized spacial score (nSPS) is 10.4. The van der Waals surface area contributed by atoms with Gasteiger partial charge in [-0.15, -0.1) is 11.8 Å². The van der Waals surface area contributed by atoms with Crippen molar-refractivity contribution in [3.8, 4) is 0 Å². The average molecular weight is 399 g/mol. The highest BCUT2D eigenvalue weighted by atomic mass is 79.9. The van der Waals surface area contributed by atoms with Gasteiger partial charge in [-0.2, -0.15) is 0 Å². The maximum Gasteiger partial charge on any atom is 0.374 e. The van der Waals surface area contributed by atoms with Crippen molar-refractivity contribution in [1.82, 2.24) is 0 Å². The van der Waals surface area contributed by atoms with E-state index in [1.165, 1.54) is 18.9 Å². The topological polar surface area (TPSA) is 65.7 Å². The van der Waals surface area contributed by atoms with Crippen LogP contribution in [0.2, 0.25) is 0 Å². The summed E-state index contributed by atoms with van der Waals surface area (Å²) in [7, 11) is 1.28. The molecule has 0 aliphatic carbocycles. The van der Waals surface area contributed by atoms with Crippen LogP contribution in [0, 0.1) is 6.92 Å². The maximum absolute atomic E-state index is 11.8. The molecule has 0 aliphatic rings. The summed E-state index contributed by atoms with van der Waals surface area (Å²) in [4.78, 5) is 24.2. The third-order valence-corrected chi connectivity index (χ3v) is 4.40. The van der Waals surface area contributed by atoms with Gasteiger partial charge in [0, 0.05) is 14.9 Å². The Morgan fingerprint density at radius 3 is 2.61 bits per heavy atom. The van der Waals surface area contributed by atoms with E-state index in [4.69, 9.17) is 9.15 Å². The van der Waals surface area contributed by atoms with E-state index in [1.54, 1.807) is 13.0 Å². The Kier molecular flexibility index (Phi) is 6.29. The first-order chi connectivity index (χ1) is 11.0. The second-order valence-corrected chi connectivity index (χ2v) is 6.58. The molecular weight excluding hydrogens is 384 g/mol. The van der Waals surface area contributed by atoms with Crippen LogP contribution >= 0.6 is 27.7 Å². The summed E-state index contributed by atoms with van der Waals surface area (Å²) in [6.07, 6.45) is 0. The first kappa shape index (κ1) is 17.6. The molecule has 2 rings (SSSR count). The monoisotopic (exact) mass is 398 g/mol. The van der Waals surface area contributed by atoms with E-state index in [-0.39, 0.29) is 24.1 Å². The van der Waals surface area contributed by atoms with E-state index in [9.17, 15) is 9.59 Å². The number of aryl methyl sites for hydroxylation is 1. The predicted octanol–water partition coefficient (Wildman–Crippen LogP) is 3.97. The Morgan fingerprint density at radius 1 is 1.26 bits per heavy atom. The molecule has 0 spiro atoms. The molecular formula is C16H15BrO5S. The molecule has 1 heterocycles. The number of hydrogen-bond donors (Lipinski definition) is 0. The molecule has 0 fully saturated rings. The minimum atomic E-state index is -0.550. The van der Waals surface area contributed by atoms with Gasteiger partial charge in [0.25, 0.3) is 0 Å². The largest absolute Gasteiger partial charge is 0.463 e. The van der Waals surface area contributed by atoms with E-state index < -0.39 is 5.97 Å². The van der Waals surface area contributed by atoms with Crippen LogP contribution in [0.25, 0.3) is 0 Å². The minimum absolute atomic E-state index is 0.0163. The summed E-state index contributed by atoms with van der Waals surface area (Å²) < 4.78 is 16.1. The zero-order valence-electron chi connectivity index (χ0n) is 12.6. The third-order valence-electron chi connectivity index (χ3n) is 2.89. The average Bonchev–Trinajstić information content (AvgIpc) is 2.92. The third kappa shape index (κ3) is 5.14. The molecule has 7 heteroatoms. The second kappa shape index (κ2) is 8.21. The molecule has 0 bridgehead atoms. The van der Waals surface area contributed by atoms with Crippen molar-refractivity contribution in [2.45, 2.75) is 18.4 Å². The van der Waals surface area contributed by atoms with E-state index in [0.29, 0.717) is 11.3 Å². The fourth-order valence-corrected chi connectivity index (χ4v) is 2.74. The molecule has 0 saturated heterocycles. The molecule has 0 saturated carbocycles. The van der Waals surface area contributed by atoms with Crippen LogP contribution in [-0.4, -0.2) is 24.8 Å². The number of halogens is 1. The summed E-state index contributed by atoms with van der Waals surface area (Å²) in [6.45, 7) is 1.71. The highest BCUT2D eigenvalue weighted by Crippen LogP contribution is 2.21. The first-order valence-electron chi connectivity index (χ1n) is 6.71. The Labute approximate surface area is 146 Å². The highest BCUT2D eigenvalue weighted by molar-refractivity contribution is 9.10. The summed E-state index contributed by atoms with van der Waals surface area (Å²) >= 11 is 4.74. The molecule has 2 aromatic rings. The number of furan rings is 1. The van der Waals surface area contributed by atoms with E-state index in [0.717, 1.165) is 9.37 Å². The lowest BCUT2D eigenvalue weighted by atomic mass is 10.3. The van der Waals surface area contributed by atoms with Crippen LogP contribution in [0.3, 0.4) is 0 Å². The van der Waals surface area contributed by atoms with Crippen molar-refractivity contribution >= 4 is 39.6 Å². The number of benzene rings is 1. The highest BCUT2D eigenvalue weighted by Gasteiger charge is 2.17. The second-order valence-electron chi connectivity index (χ2n) is 4.62. The van der Waals surface area contributed by atoms with E-state index >= 15 is 0 Å². The fourth-order valence-electron chi connectivity index (χ4n) is 1.78. The summed E-state index contributed by atoms with van der Waals surface area (Å²) in [6, 6.07) is 9.31. The molecule has 0 aliphatic heterocycles. The number of carbonyl (C=O) groups is 2. The van der Waals surface area contributed by atoms with Crippen molar-refractivity contribution in [1.29, 1.82) is 0 Å². The predicted molar refractivity (Wildman–Crippen MR) is 89.4 cm³/mol. The number of rotatable bonds is 6. The Balaban J connectivity index is 1.82. The van der Waals surface area contributed by atoms with Gasteiger partial charge in [0.15, 0.2) is 0 Å². The van der Waals surface area contributed by atoms with Crippen molar-refractivity contribution in [3.05, 3.63) is 51.9 Å². The molecule has 23 heavy (non-hydrogen) atoms. The summed E-state index contributed by atoms with van der Waals surface area (Å²) in [5, 5.41) is 0. The van der Waals surface area contributed by atoms with Crippen LogP contribution in [0.4, 0.5) is 0 Å². The lowest BCUT2D eigenvalue weighted by Gasteiger charge is -2.03. The number of carbonyl (C=O) groups excluding carboxylic acids is 2. The van der Waals surface area contributed by atoms with Gasteiger partial charge < -0.3 is 13.9 Å². The number of hydrogen-bond acceptors (Lipinski definition) is 6. The van der Waals surface area contributed by atoms with Crippen LogP contribution < -0.4 is 0 Å². The molecule has 0 amide bonds. The van der Waals surface area contributed by atoms with Gasteiger partial charge in [0.1, 0.15) is 12.4 Å². The zero-order valence-corrected chi connectivity index (χ0v) is 15.0.